The Kier molecular flexibility index (Phi) is 6.48. The Hall–Kier alpha value is -1.59. The minimum atomic E-state index is -0.368. The Labute approximate surface area is 120 Å². The predicted molar refractivity (Wildman–Crippen MR) is 78.5 cm³/mol. The third kappa shape index (κ3) is 6.04. The van der Waals surface area contributed by atoms with Crippen molar-refractivity contribution in [3.05, 3.63) is 29.8 Å². The second-order valence-electron chi connectivity index (χ2n) is 5.11. The number of amides is 1. The first-order chi connectivity index (χ1) is 9.46. The van der Waals surface area contributed by atoms with E-state index in [1.165, 1.54) is 0 Å². The van der Waals surface area contributed by atoms with Gasteiger partial charge in [-0.1, -0.05) is 12.1 Å². The lowest BCUT2D eigenvalue weighted by molar-refractivity contribution is -0.124. The van der Waals surface area contributed by atoms with Gasteiger partial charge < -0.3 is 20.5 Å². The molecule has 1 aromatic carbocycles. The van der Waals surface area contributed by atoms with Crippen LogP contribution in [0.25, 0.3) is 0 Å². The molecule has 20 heavy (non-hydrogen) atoms. The molecule has 5 nitrogen and oxygen atoms in total. The highest BCUT2D eigenvalue weighted by atomic mass is 16.5. The molecule has 0 atom stereocenters. The van der Waals surface area contributed by atoms with Crippen molar-refractivity contribution < 1.29 is 14.3 Å². The molecule has 0 spiro atoms. The maximum Gasteiger partial charge on any atom is 0.258 e. The van der Waals surface area contributed by atoms with E-state index in [0.29, 0.717) is 25.4 Å². The van der Waals surface area contributed by atoms with Crippen LogP contribution in [0, 0.1) is 0 Å². The van der Waals surface area contributed by atoms with Crippen molar-refractivity contribution in [3.8, 4) is 5.75 Å². The number of hydrogen-bond donors (Lipinski definition) is 2. The predicted octanol–water partition coefficient (Wildman–Crippen LogP) is 1.46. The van der Waals surface area contributed by atoms with Gasteiger partial charge in [0.25, 0.3) is 5.91 Å². The summed E-state index contributed by atoms with van der Waals surface area (Å²) in [6, 6.07) is 7.37. The Morgan fingerprint density at radius 3 is 2.50 bits per heavy atom. The third-order valence-corrected chi connectivity index (χ3v) is 2.78. The molecule has 0 bridgehead atoms. The Bertz CT molecular complexity index is 416. The van der Waals surface area contributed by atoms with Crippen LogP contribution in [0.5, 0.6) is 5.75 Å². The van der Waals surface area contributed by atoms with Gasteiger partial charge >= 0.3 is 0 Å². The SMILES string of the molecule is CCOC(C)(C)CNC(=O)COc1ccc(CN)cc1. The van der Waals surface area contributed by atoms with E-state index in [-0.39, 0.29) is 18.1 Å². The zero-order valence-electron chi connectivity index (χ0n) is 12.4. The van der Waals surface area contributed by atoms with Crippen LogP contribution in [0.3, 0.4) is 0 Å². The van der Waals surface area contributed by atoms with Crippen molar-refractivity contribution in [1.29, 1.82) is 0 Å². The van der Waals surface area contributed by atoms with Gasteiger partial charge in [0.2, 0.25) is 0 Å². The first kappa shape index (κ1) is 16.5. The smallest absolute Gasteiger partial charge is 0.258 e. The molecule has 0 aliphatic heterocycles. The van der Waals surface area contributed by atoms with Crippen LogP contribution >= 0.6 is 0 Å². The number of nitrogens with two attached hydrogens (primary N) is 1. The maximum absolute atomic E-state index is 11.7. The highest BCUT2D eigenvalue weighted by Gasteiger charge is 2.18. The van der Waals surface area contributed by atoms with Crippen molar-refractivity contribution >= 4 is 5.91 Å². The first-order valence-corrected chi connectivity index (χ1v) is 6.79. The van der Waals surface area contributed by atoms with Crippen LogP contribution < -0.4 is 15.8 Å². The zero-order chi connectivity index (χ0) is 15.0. The molecule has 3 N–H and O–H groups in total. The number of nitrogens with one attached hydrogen (secondary N) is 1. The number of rotatable bonds is 8. The molecule has 5 heteroatoms. The Balaban J connectivity index is 2.32. The summed E-state index contributed by atoms with van der Waals surface area (Å²) >= 11 is 0. The van der Waals surface area contributed by atoms with E-state index in [1.807, 2.05) is 32.9 Å². The summed E-state index contributed by atoms with van der Waals surface area (Å²) in [6.45, 7) is 7.35. The number of benzene rings is 1. The number of hydrogen-bond acceptors (Lipinski definition) is 4. The molecular formula is C15H24N2O3. The van der Waals surface area contributed by atoms with E-state index in [1.54, 1.807) is 12.1 Å². The van der Waals surface area contributed by atoms with Crippen LogP contribution in [0.4, 0.5) is 0 Å². The molecule has 0 heterocycles. The summed E-state index contributed by atoms with van der Waals surface area (Å²) in [5, 5.41) is 2.79. The molecule has 0 radical (unpaired) electrons. The van der Waals surface area contributed by atoms with E-state index in [4.69, 9.17) is 15.2 Å². The van der Waals surface area contributed by atoms with Crippen molar-refractivity contribution in [1.82, 2.24) is 5.32 Å². The minimum Gasteiger partial charge on any atom is -0.484 e. The van der Waals surface area contributed by atoms with Gasteiger partial charge in [-0.25, -0.2) is 0 Å². The summed E-state index contributed by atoms with van der Waals surface area (Å²) in [4.78, 5) is 11.7. The van der Waals surface area contributed by atoms with E-state index >= 15 is 0 Å². The topological polar surface area (TPSA) is 73.6 Å². The molecule has 0 aromatic heterocycles. The summed E-state index contributed by atoms with van der Waals surface area (Å²) in [5.74, 6) is 0.488. The monoisotopic (exact) mass is 280 g/mol. The molecule has 1 amide bonds. The van der Waals surface area contributed by atoms with Crippen molar-refractivity contribution in [2.45, 2.75) is 32.9 Å². The van der Waals surface area contributed by atoms with Crippen molar-refractivity contribution in [3.63, 3.8) is 0 Å². The summed E-state index contributed by atoms with van der Waals surface area (Å²) in [7, 11) is 0. The Morgan fingerprint density at radius 2 is 1.95 bits per heavy atom. The molecule has 0 saturated carbocycles. The molecule has 0 saturated heterocycles. The van der Waals surface area contributed by atoms with Gasteiger partial charge in [-0.2, -0.15) is 0 Å². The molecule has 0 aliphatic carbocycles. The number of carbonyl (C=O) groups excluding carboxylic acids is 1. The van der Waals surface area contributed by atoms with E-state index in [2.05, 4.69) is 5.32 Å². The van der Waals surface area contributed by atoms with Crippen LogP contribution in [0.1, 0.15) is 26.3 Å². The van der Waals surface area contributed by atoms with Gasteiger partial charge in [0, 0.05) is 19.7 Å². The normalized spacial score (nSPS) is 11.2. The molecule has 112 valence electrons. The van der Waals surface area contributed by atoms with Crippen LogP contribution in [0.2, 0.25) is 0 Å². The highest BCUT2D eigenvalue weighted by molar-refractivity contribution is 5.77. The second kappa shape index (κ2) is 7.87. The summed E-state index contributed by atoms with van der Waals surface area (Å²) < 4.78 is 10.9. The summed E-state index contributed by atoms with van der Waals surface area (Å²) in [5.41, 5.74) is 6.17. The number of ether oxygens (including phenoxy) is 2. The van der Waals surface area contributed by atoms with Gasteiger partial charge in [-0.3, -0.25) is 4.79 Å². The first-order valence-electron chi connectivity index (χ1n) is 6.79. The van der Waals surface area contributed by atoms with Gasteiger partial charge in [0.05, 0.1) is 5.60 Å². The lowest BCUT2D eigenvalue weighted by Gasteiger charge is -2.24. The number of carbonyl (C=O) groups is 1. The largest absolute Gasteiger partial charge is 0.484 e. The van der Waals surface area contributed by atoms with Gasteiger partial charge in [0.1, 0.15) is 5.75 Å². The standard InChI is InChI=1S/C15H24N2O3/c1-4-20-15(2,3)11-17-14(18)10-19-13-7-5-12(9-16)6-8-13/h5-8H,4,9-11,16H2,1-3H3,(H,17,18). The Morgan fingerprint density at radius 1 is 1.30 bits per heavy atom. The zero-order valence-corrected chi connectivity index (χ0v) is 12.4. The van der Waals surface area contributed by atoms with Crippen LogP contribution in [-0.4, -0.2) is 31.3 Å². The molecule has 1 aromatic rings. The maximum atomic E-state index is 11.7. The lowest BCUT2D eigenvalue weighted by Crippen LogP contribution is -2.42. The van der Waals surface area contributed by atoms with Gasteiger partial charge in [-0.15, -0.1) is 0 Å². The highest BCUT2D eigenvalue weighted by Crippen LogP contribution is 2.11. The lowest BCUT2D eigenvalue weighted by atomic mass is 10.1. The van der Waals surface area contributed by atoms with Crippen LogP contribution in [0.15, 0.2) is 24.3 Å². The van der Waals surface area contributed by atoms with Gasteiger partial charge in [-0.05, 0) is 38.5 Å². The quantitative estimate of drug-likeness (QED) is 0.756. The molecule has 0 unspecified atom stereocenters. The average molecular weight is 280 g/mol. The average Bonchev–Trinajstić information content (AvgIpc) is 2.43. The van der Waals surface area contributed by atoms with E-state index in [0.717, 1.165) is 5.56 Å². The van der Waals surface area contributed by atoms with Crippen LogP contribution in [-0.2, 0) is 16.1 Å². The fourth-order valence-corrected chi connectivity index (χ4v) is 1.67. The third-order valence-electron chi connectivity index (χ3n) is 2.78. The molecule has 1 rings (SSSR count). The van der Waals surface area contributed by atoms with E-state index < -0.39 is 0 Å². The van der Waals surface area contributed by atoms with Crippen molar-refractivity contribution in [2.24, 2.45) is 5.73 Å². The fraction of sp³-hybridized carbons (Fsp3) is 0.533. The molecular weight excluding hydrogens is 256 g/mol. The molecule has 0 aliphatic rings. The van der Waals surface area contributed by atoms with Crippen molar-refractivity contribution in [2.75, 3.05) is 19.8 Å². The molecule has 0 fully saturated rings. The van der Waals surface area contributed by atoms with Gasteiger partial charge in [0.15, 0.2) is 6.61 Å². The summed E-state index contributed by atoms with van der Waals surface area (Å²) in [6.07, 6.45) is 0. The second-order valence-corrected chi connectivity index (χ2v) is 5.11. The minimum absolute atomic E-state index is 0.00975. The fourth-order valence-electron chi connectivity index (χ4n) is 1.67. The van der Waals surface area contributed by atoms with E-state index in [9.17, 15) is 4.79 Å².